The Morgan fingerprint density at radius 3 is 2.74 bits per heavy atom. The van der Waals surface area contributed by atoms with Gasteiger partial charge >= 0.3 is 0 Å². The van der Waals surface area contributed by atoms with Gasteiger partial charge in [-0.25, -0.2) is 9.97 Å². The lowest BCUT2D eigenvalue weighted by atomic mass is 9.95. The Kier molecular flexibility index (Phi) is 4.17. The van der Waals surface area contributed by atoms with Gasteiger partial charge in [0.25, 0.3) is 0 Å². The number of nitrogens with zero attached hydrogens (tertiary/aromatic N) is 2. The molecule has 1 aliphatic heterocycles. The van der Waals surface area contributed by atoms with Crippen molar-refractivity contribution in [1.29, 1.82) is 0 Å². The van der Waals surface area contributed by atoms with Crippen molar-refractivity contribution in [2.45, 2.75) is 46.4 Å². The van der Waals surface area contributed by atoms with E-state index < -0.39 is 0 Å². The molecule has 1 amide bonds. The van der Waals surface area contributed by atoms with E-state index in [4.69, 9.17) is 0 Å². The number of carbonyl (C=O) groups is 1. The van der Waals surface area contributed by atoms with Gasteiger partial charge in [0.1, 0.15) is 0 Å². The topological polar surface area (TPSA) is 78.9 Å². The molecule has 2 aromatic rings. The van der Waals surface area contributed by atoms with Crippen molar-refractivity contribution < 1.29 is 4.79 Å². The van der Waals surface area contributed by atoms with Crippen LogP contribution >= 0.6 is 0 Å². The number of anilines is 1. The maximum absolute atomic E-state index is 12.1. The minimum absolute atomic E-state index is 0.00437. The van der Waals surface area contributed by atoms with Gasteiger partial charge in [0, 0.05) is 11.4 Å². The Morgan fingerprint density at radius 1 is 1.26 bits per heavy atom. The first-order valence-corrected chi connectivity index (χ1v) is 8.06. The molecule has 1 saturated heterocycles. The summed E-state index contributed by atoms with van der Waals surface area (Å²) in [5, 5.41) is 10.5. The number of benzene rings is 1. The lowest BCUT2D eigenvalue weighted by Crippen LogP contribution is -2.63. The number of hydrogen-bond donors (Lipinski definition) is 3. The van der Waals surface area contributed by atoms with Gasteiger partial charge in [-0.2, -0.15) is 0 Å². The van der Waals surface area contributed by atoms with Gasteiger partial charge in [-0.15, -0.1) is 0 Å². The van der Waals surface area contributed by atoms with Gasteiger partial charge in [-0.05, 0) is 39.3 Å². The second-order valence-electron chi connectivity index (χ2n) is 6.21. The molecule has 6 heteroatoms. The zero-order valence-corrected chi connectivity index (χ0v) is 14.0. The Bertz CT molecular complexity index is 745. The highest BCUT2D eigenvalue weighted by Crippen LogP contribution is 2.19. The van der Waals surface area contributed by atoms with E-state index >= 15 is 0 Å². The summed E-state index contributed by atoms with van der Waals surface area (Å²) in [5.41, 5.74) is 3.00. The van der Waals surface area contributed by atoms with E-state index in [1.807, 2.05) is 32.9 Å². The summed E-state index contributed by atoms with van der Waals surface area (Å²) < 4.78 is 0. The van der Waals surface area contributed by atoms with Gasteiger partial charge in [-0.3, -0.25) is 10.1 Å². The average molecular weight is 313 g/mol. The van der Waals surface area contributed by atoms with Crippen molar-refractivity contribution in [3.63, 3.8) is 0 Å². The summed E-state index contributed by atoms with van der Waals surface area (Å²) in [6.07, 6.45) is 0.458. The summed E-state index contributed by atoms with van der Waals surface area (Å²) in [5.74, 6) is 0.568. The van der Waals surface area contributed by atoms with Crippen LogP contribution in [-0.4, -0.2) is 28.2 Å². The van der Waals surface area contributed by atoms with Crippen molar-refractivity contribution in [3.8, 4) is 0 Å². The van der Waals surface area contributed by atoms with Crippen LogP contribution in [0.15, 0.2) is 18.2 Å². The predicted octanol–water partition coefficient (Wildman–Crippen LogP) is 2.08. The van der Waals surface area contributed by atoms with E-state index in [1.54, 1.807) is 0 Å². The predicted molar refractivity (Wildman–Crippen MR) is 90.9 cm³/mol. The monoisotopic (exact) mass is 313 g/mol. The number of aryl methyl sites for hydroxylation is 2. The minimum atomic E-state index is -0.359. The molecule has 6 nitrogen and oxygen atoms in total. The molecule has 3 unspecified atom stereocenters. The molecule has 1 fully saturated rings. The molecule has 3 rings (SSSR count). The van der Waals surface area contributed by atoms with E-state index in [9.17, 15) is 4.79 Å². The second kappa shape index (κ2) is 6.12. The Hall–Kier alpha value is -2.21. The third-order valence-electron chi connectivity index (χ3n) is 4.41. The molecule has 0 bridgehead atoms. The van der Waals surface area contributed by atoms with Crippen LogP contribution in [0.4, 0.5) is 5.95 Å². The maximum Gasteiger partial charge on any atom is 0.227 e. The molecule has 0 radical (unpaired) electrons. The van der Waals surface area contributed by atoms with E-state index in [1.165, 1.54) is 5.56 Å². The molecular weight excluding hydrogens is 290 g/mol. The highest BCUT2D eigenvalue weighted by atomic mass is 16.2. The summed E-state index contributed by atoms with van der Waals surface area (Å²) in [6.45, 7) is 8.07. The van der Waals surface area contributed by atoms with Gasteiger partial charge < -0.3 is 10.6 Å². The van der Waals surface area contributed by atoms with Gasteiger partial charge in [0.2, 0.25) is 11.9 Å². The fraction of sp³-hybridized carbons (Fsp3) is 0.471. The first-order chi connectivity index (χ1) is 11.0. The normalized spacial score (nSPS) is 24.5. The van der Waals surface area contributed by atoms with Crippen LogP contribution in [0.5, 0.6) is 0 Å². The van der Waals surface area contributed by atoms with Crippen molar-refractivity contribution >= 4 is 22.8 Å². The fourth-order valence-corrected chi connectivity index (χ4v) is 3.10. The standard InChI is InChI=1S/C17H23N5O/c1-5-12-10(3)18-17(21-15(12)23)22-16-19-11(4)13-8-9(2)6-7-14(13)20-16/h6-8,10,12,17-18H,5H2,1-4H3,(H,21,23)(H,19,20,22). The number of amides is 1. The van der Waals surface area contributed by atoms with Crippen LogP contribution in [0.2, 0.25) is 0 Å². The third kappa shape index (κ3) is 3.12. The average Bonchev–Trinajstić information content (AvgIpc) is 2.48. The van der Waals surface area contributed by atoms with Crippen molar-refractivity contribution in [2.24, 2.45) is 5.92 Å². The van der Waals surface area contributed by atoms with Crippen LogP contribution in [-0.2, 0) is 4.79 Å². The van der Waals surface area contributed by atoms with E-state index in [0.29, 0.717) is 5.95 Å². The zero-order valence-electron chi connectivity index (χ0n) is 14.0. The minimum Gasteiger partial charge on any atom is -0.323 e. The van der Waals surface area contributed by atoms with E-state index in [-0.39, 0.29) is 24.2 Å². The largest absolute Gasteiger partial charge is 0.323 e. The quantitative estimate of drug-likeness (QED) is 0.808. The molecule has 1 aliphatic rings. The molecule has 1 aromatic carbocycles. The van der Waals surface area contributed by atoms with Crippen LogP contribution in [0.25, 0.3) is 10.9 Å². The van der Waals surface area contributed by atoms with E-state index in [0.717, 1.165) is 23.0 Å². The number of nitrogens with one attached hydrogen (secondary N) is 3. The first kappa shape index (κ1) is 15.7. The van der Waals surface area contributed by atoms with Crippen molar-refractivity contribution in [1.82, 2.24) is 20.6 Å². The first-order valence-electron chi connectivity index (χ1n) is 8.06. The SMILES string of the molecule is CCC1C(=O)NC(Nc2nc(C)c3cc(C)ccc3n2)NC1C. The smallest absolute Gasteiger partial charge is 0.227 e. The number of hydrogen-bond acceptors (Lipinski definition) is 5. The molecule has 0 aliphatic carbocycles. The molecule has 122 valence electrons. The zero-order chi connectivity index (χ0) is 16.6. The lowest BCUT2D eigenvalue weighted by molar-refractivity contribution is -0.129. The van der Waals surface area contributed by atoms with Crippen LogP contribution in [0, 0.1) is 19.8 Å². The fourth-order valence-electron chi connectivity index (χ4n) is 3.10. The van der Waals surface area contributed by atoms with Crippen LogP contribution < -0.4 is 16.0 Å². The number of carbonyl (C=O) groups excluding carboxylic acids is 1. The molecule has 2 heterocycles. The third-order valence-corrected chi connectivity index (χ3v) is 4.41. The van der Waals surface area contributed by atoms with Gasteiger partial charge in [-0.1, -0.05) is 18.6 Å². The van der Waals surface area contributed by atoms with Crippen molar-refractivity contribution in [2.75, 3.05) is 5.32 Å². The Morgan fingerprint density at radius 2 is 2.04 bits per heavy atom. The summed E-state index contributed by atoms with van der Waals surface area (Å²) in [6, 6.07) is 6.22. The van der Waals surface area contributed by atoms with Crippen molar-refractivity contribution in [3.05, 3.63) is 29.5 Å². The highest BCUT2D eigenvalue weighted by Gasteiger charge is 2.32. The van der Waals surface area contributed by atoms with Crippen LogP contribution in [0.1, 0.15) is 31.5 Å². The van der Waals surface area contributed by atoms with Gasteiger partial charge in [0.15, 0.2) is 6.29 Å². The summed E-state index contributed by atoms with van der Waals surface area (Å²) in [4.78, 5) is 21.2. The maximum atomic E-state index is 12.1. The Labute approximate surface area is 136 Å². The summed E-state index contributed by atoms with van der Waals surface area (Å²) in [7, 11) is 0. The molecule has 1 aromatic heterocycles. The number of rotatable bonds is 3. The number of aromatic nitrogens is 2. The Balaban J connectivity index is 1.82. The van der Waals surface area contributed by atoms with Gasteiger partial charge in [0.05, 0.1) is 17.1 Å². The van der Waals surface area contributed by atoms with E-state index in [2.05, 4.69) is 38.9 Å². The highest BCUT2D eigenvalue weighted by molar-refractivity contribution is 5.83. The molecule has 0 saturated carbocycles. The van der Waals surface area contributed by atoms with Crippen LogP contribution in [0.3, 0.4) is 0 Å². The summed E-state index contributed by atoms with van der Waals surface area (Å²) >= 11 is 0. The molecule has 23 heavy (non-hydrogen) atoms. The lowest BCUT2D eigenvalue weighted by Gasteiger charge is -2.35. The molecule has 0 spiro atoms. The number of fused-ring (bicyclic) bond motifs is 1. The molecule has 3 N–H and O–H groups in total. The second-order valence-corrected chi connectivity index (χ2v) is 6.21. The molecule has 3 atom stereocenters. The molecular formula is C17H23N5O.